The van der Waals surface area contributed by atoms with Crippen molar-refractivity contribution in [3.63, 3.8) is 0 Å². The Morgan fingerprint density at radius 3 is 2.57 bits per heavy atom. The third-order valence-electron chi connectivity index (χ3n) is 3.29. The lowest BCUT2D eigenvalue weighted by Crippen LogP contribution is -2.21. The molecular formula is C18H20ClNO3. The average molecular weight is 334 g/mol. The highest BCUT2D eigenvalue weighted by Gasteiger charge is 2.18. The second kappa shape index (κ2) is 6.92. The van der Waals surface area contributed by atoms with Crippen LogP contribution in [0.3, 0.4) is 0 Å². The van der Waals surface area contributed by atoms with Crippen molar-refractivity contribution in [2.75, 3.05) is 11.9 Å². The van der Waals surface area contributed by atoms with Crippen LogP contribution >= 0.6 is 11.6 Å². The van der Waals surface area contributed by atoms with E-state index >= 15 is 0 Å². The van der Waals surface area contributed by atoms with E-state index in [2.05, 4.69) is 26.1 Å². The summed E-state index contributed by atoms with van der Waals surface area (Å²) in [6.07, 6.45) is 0. The van der Waals surface area contributed by atoms with Gasteiger partial charge in [-0.15, -0.1) is 0 Å². The molecule has 0 saturated heterocycles. The number of nitrogens with one attached hydrogen (secondary N) is 1. The maximum Gasteiger partial charge on any atom is 0.262 e. The number of hydrogen-bond donors (Lipinski definition) is 2. The molecule has 0 aliphatic carbocycles. The minimum absolute atomic E-state index is 0.0278. The lowest BCUT2D eigenvalue weighted by molar-refractivity contribution is -0.118. The van der Waals surface area contributed by atoms with Crippen molar-refractivity contribution in [2.45, 2.75) is 26.2 Å². The standard InChI is InChI=1S/C18H20ClNO3/c1-18(2,3)13-6-4-5-7-16(13)23-11-17(22)20-12-8-9-15(21)14(19)10-12/h4-10,21H,11H2,1-3H3,(H,20,22). The van der Waals surface area contributed by atoms with Gasteiger partial charge in [0.1, 0.15) is 11.5 Å². The number of halogens is 1. The third-order valence-corrected chi connectivity index (χ3v) is 3.59. The van der Waals surface area contributed by atoms with Crippen molar-refractivity contribution in [3.05, 3.63) is 53.1 Å². The highest BCUT2D eigenvalue weighted by atomic mass is 35.5. The first kappa shape index (κ1) is 17.2. The second-order valence-electron chi connectivity index (χ2n) is 6.25. The van der Waals surface area contributed by atoms with E-state index in [0.29, 0.717) is 11.4 Å². The van der Waals surface area contributed by atoms with Crippen LogP contribution in [0.25, 0.3) is 0 Å². The SMILES string of the molecule is CC(C)(C)c1ccccc1OCC(=O)Nc1ccc(O)c(Cl)c1. The van der Waals surface area contributed by atoms with Gasteiger partial charge in [-0.3, -0.25) is 4.79 Å². The van der Waals surface area contributed by atoms with Crippen LogP contribution in [0.1, 0.15) is 26.3 Å². The first-order valence-corrected chi connectivity index (χ1v) is 7.66. The summed E-state index contributed by atoms with van der Waals surface area (Å²) in [6.45, 7) is 6.17. The van der Waals surface area contributed by atoms with Crippen molar-refractivity contribution in [2.24, 2.45) is 0 Å². The van der Waals surface area contributed by atoms with Gasteiger partial charge >= 0.3 is 0 Å². The highest BCUT2D eigenvalue weighted by molar-refractivity contribution is 6.32. The number of ether oxygens (including phenoxy) is 1. The number of carbonyl (C=O) groups is 1. The molecule has 2 rings (SSSR count). The molecule has 5 heteroatoms. The molecule has 0 saturated carbocycles. The van der Waals surface area contributed by atoms with E-state index in [9.17, 15) is 9.90 Å². The number of hydrogen-bond acceptors (Lipinski definition) is 3. The molecule has 0 fully saturated rings. The van der Waals surface area contributed by atoms with Crippen LogP contribution < -0.4 is 10.1 Å². The Balaban J connectivity index is 2.01. The number of rotatable bonds is 4. The summed E-state index contributed by atoms with van der Waals surface area (Å²) in [7, 11) is 0. The molecule has 23 heavy (non-hydrogen) atoms. The Bertz CT molecular complexity index is 708. The van der Waals surface area contributed by atoms with Crippen LogP contribution in [-0.2, 0) is 10.2 Å². The number of carbonyl (C=O) groups excluding carboxylic acids is 1. The van der Waals surface area contributed by atoms with Crippen LogP contribution in [0, 0.1) is 0 Å². The van der Waals surface area contributed by atoms with E-state index in [-0.39, 0.29) is 28.7 Å². The van der Waals surface area contributed by atoms with Crippen molar-refractivity contribution >= 4 is 23.2 Å². The van der Waals surface area contributed by atoms with Crippen LogP contribution in [-0.4, -0.2) is 17.6 Å². The molecule has 0 atom stereocenters. The first-order chi connectivity index (χ1) is 10.8. The van der Waals surface area contributed by atoms with Crippen LogP contribution in [0.15, 0.2) is 42.5 Å². The zero-order chi connectivity index (χ0) is 17.0. The summed E-state index contributed by atoms with van der Waals surface area (Å²) in [6, 6.07) is 12.2. The summed E-state index contributed by atoms with van der Waals surface area (Å²) in [4.78, 5) is 12.0. The van der Waals surface area contributed by atoms with Gasteiger partial charge in [0.2, 0.25) is 0 Å². The molecule has 0 unspecified atom stereocenters. The Morgan fingerprint density at radius 1 is 1.22 bits per heavy atom. The predicted molar refractivity (Wildman–Crippen MR) is 92.4 cm³/mol. The second-order valence-corrected chi connectivity index (χ2v) is 6.66. The molecule has 122 valence electrons. The largest absolute Gasteiger partial charge is 0.506 e. The Hall–Kier alpha value is -2.20. The summed E-state index contributed by atoms with van der Waals surface area (Å²) >= 11 is 5.81. The van der Waals surface area contributed by atoms with Crippen molar-refractivity contribution in [3.8, 4) is 11.5 Å². The highest BCUT2D eigenvalue weighted by Crippen LogP contribution is 2.31. The van der Waals surface area contributed by atoms with Crippen molar-refractivity contribution < 1.29 is 14.6 Å². The molecule has 2 aromatic carbocycles. The minimum atomic E-state index is -0.296. The molecule has 2 N–H and O–H groups in total. The molecule has 0 bridgehead atoms. The molecule has 4 nitrogen and oxygen atoms in total. The van der Waals surface area contributed by atoms with Crippen LogP contribution in [0.2, 0.25) is 5.02 Å². The van der Waals surface area contributed by atoms with Gasteiger partial charge in [0.25, 0.3) is 5.91 Å². The Kier molecular flexibility index (Phi) is 5.16. The quantitative estimate of drug-likeness (QED) is 0.817. The number of amides is 1. The van der Waals surface area contributed by atoms with Gasteiger partial charge in [-0.2, -0.15) is 0 Å². The van der Waals surface area contributed by atoms with Crippen LogP contribution in [0.5, 0.6) is 11.5 Å². The average Bonchev–Trinajstić information content (AvgIpc) is 2.48. The van der Waals surface area contributed by atoms with E-state index < -0.39 is 0 Å². The van der Waals surface area contributed by atoms with E-state index in [1.165, 1.54) is 12.1 Å². The lowest BCUT2D eigenvalue weighted by Gasteiger charge is -2.22. The molecule has 0 radical (unpaired) electrons. The molecule has 0 heterocycles. The number of anilines is 1. The van der Waals surface area contributed by atoms with Gasteiger partial charge < -0.3 is 15.2 Å². The number of phenolic OH excluding ortho intramolecular Hbond substituents is 1. The van der Waals surface area contributed by atoms with Crippen molar-refractivity contribution in [1.82, 2.24) is 0 Å². The summed E-state index contributed by atoms with van der Waals surface area (Å²) < 4.78 is 5.66. The fourth-order valence-corrected chi connectivity index (χ4v) is 2.32. The van der Waals surface area contributed by atoms with Gasteiger partial charge in [0.05, 0.1) is 5.02 Å². The summed E-state index contributed by atoms with van der Waals surface area (Å²) in [5.74, 6) is 0.370. The zero-order valence-electron chi connectivity index (χ0n) is 13.4. The van der Waals surface area contributed by atoms with E-state index in [0.717, 1.165) is 5.56 Å². The van der Waals surface area contributed by atoms with E-state index in [1.54, 1.807) is 6.07 Å². The Labute approximate surface area is 141 Å². The predicted octanol–water partition coefficient (Wildman–Crippen LogP) is 4.36. The molecular weight excluding hydrogens is 314 g/mol. The minimum Gasteiger partial charge on any atom is -0.506 e. The maximum atomic E-state index is 12.0. The topological polar surface area (TPSA) is 58.6 Å². The van der Waals surface area contributed by atoms with Gasteiger partial charge in [-0.25, -0.2) is 0 Å². The fraction of sp³-hybridized carbons (Fsp3) is 0.278. The maximum absolute atomic E-state index is 12.0. The normalized spacial score (nSPS) is 11.1. The number of phenols is 1. The molecule has 0 aromatic heterocycles. The van der Waals surface area contributed by atoms with Gasteiger partial charge in [0.15, 0.2) is 6.61 Å². The molecule has 0 aliphatic rings. The van der Waals surface area contributed by atoms with Gasteiger partial charge in [-0.05, 0) is 35.2 Å². The number of benzene rings is 2. The lowest BCUT2D eigenvalue weighted by atomic mass is 9.86. The summed E-state index contributed by atoms with van der Waals surface area (Å²) in [5, 5.41) is 12.2. The zero-order valence-corrected chi connectivity index (χ0v) is 14.1. The smallest absolute Gasteiger partial charge is 0.262 e. The fourth-order valence-electron chi connectivity index (χ4n) is 2.14. The molecule has 0 aliphatic heterocycles. The first-order valence-electron chi connectivity index (χ1n) is 7.28. The monoisotopic (exact) mass is 333 g/mol. The Morgan fingerprint density at radius 2 is 1.91 bits per heavy atom. The number of para-hydroxylation sites is 1. The van der Waals surface area contributed by atoms with Crippen molar-refractivity contribution in [1.29, 1.82) is 0 Å². The third kappa shape index (κ3) is 4.63. The molecule has 0 spiro atoms. The van der Waals surface area contributed by atoms with E-state index in [4.69, 9.17) is 16.3 Å². The van der Waals surface area contributed by atoms with Crippen LogP contribution in [0.4, 0.5) is 5.69 Å². The van der Waals surface area contributed by atoms with Gasteiger partial charge in [-0.1, -0.05) is 50.6 Å². The summed E-state index contributed by atoms with van der Waals surface area (Å²) in [5.41, 5.74) is 1.48. The molecule has 1 amide bonds. The van der Waals surface area contributed by atoms with E-state index in [1.807, 2.05) is 24.3 Å². The number of aromatic hydroxyl groups is 1. The molecule has 2 aromatic rings. The van der Waals surface area contributed by atoms with Gasteiger partial charge in [0, 0.05) is 5.69 Å².